The van der Waals surface area contributed by atoms with Crippen LogP contribution in [0.1, 0.15) is 30.9 Å². The molecule has 1 aliphatic carbocycles. The molecule has 13 heteroatoms. The van der Waals surface area contributed by atoms with Gasteiger partial charge in [0, 0.05) is 56.0 Å². The zero-order valence-electron chi connectivity index (χ0n) is 17.3. The van der Waals surface area contributed by atoms with Crippen molar-refractivity contribution >= 4 is 15.8 Å². The summed E-state index contributed by atoms with van der Waals surface area (Å²) in [5.41, 5.74) is 0.643. The molecular weight excluding hydrogens is 466 g/mol. The van der Waals surface area contributed by atoms with Gasteiger partial charge in [-0.2, -0.15) is 5.10 Å². The van der Waals surface area contributed by atoms with E-state index < -0.39 is 56.7 Å². The highest BCUT2D eigenvalue weighted by molar-refractivity contribution is 7.92. The van der Waals surface area contributed by atoms with Gasteiger partial charge >= 0.3 is 0 Å². The van der Waals surface area contributed by atoms with Gasteiger partial charge in [-0.25, -0.2) is 35.9 Å². The van der Waals surface area contributed by atoms with E-state index >= 15 is 0 Å². The third-order valence-corrected chi connectivity index (χ3v) is 6.76. The van der Waals surface area contributed by atoms with Crippen molar-refractivity contribution in [1.82, 2.24) is 19.7 Å². The van der Waals surface area contributed by atoms with Gasteiger partial charge in [0.05, 0.1) is 0 Å². The first kappa shape index (κ1) is 23.0. The summed E-state index contributed by atoms with van der Waals surface area (Å²) in [6.07, 6.45) is 1.76. The van der Waals surface area contributed by atoms with Gasteiger partial charge in [-0.05, 0) is 18.6 Å². The maximum Gasteiger partial charge on any atom is 0.268 e. The van der Waals surface area contributed by atoms with Crippen LogP contribution >= 0.6 is 0 Å². The van der Waals surface area contributed by atoms with E-state index in [1.165, 1.54) is 23.1 Å². The number of sulfonamides is 1. The maximum atomic E-state index is 14.7. The predicted molar refractivity (Wildman–Crippen MR) is 108 cm³/mol. The third-order valence-electron chi connectivity index (χ3n) is 5.36. The summed E-state index contributed by atoms with van der Waals surface area (Å²) < 4.78 is 91.7. The van der Waals surface area contributed by atoms with E-state index in [2.05, 4.69) is 15.1 Å². The van der Waals surface area contributed by atoms with Crippen LogP contribution in [-0.4, -0.2) is 40.2 Å². The molecule has 0 spiro atoms. The molecule has 1 saturated carbocycles. The lowest BCUT2D eigenvalue weighted by atomic mass is 9.82. The monoisotopic (exact) mass is 485 g/mol. The molecule has 176 valence electrons. The summed E-state index contributed by atoms with van der Waals surface area (Å²) in [4.78, 5) is 6.02. The van der Waals surface area contributed by atoms with Gasteiger partial charge in [0.2, 0.25) is 0 Å². The molecule has 2 atom stereocenters. The van der Waals surface area contributed by atoms with E-state index in [4.69, 9.17) is 4.74 Å². The average Bonchev–Trinajstić information content (AvgIpc) is 3.13. The number of hydrogen-bond donors (Lipinski definition) is 1. The SMILES string of the molecule is Cn1nccc1[C@H]1CCC(F)(F)CC1Oc1cc(F)c(S(=O)(=O)Nc2ccncn2)c(F)c1. The van der Waals surface area contributed by atoms with Gasteiger partial charge in [0.15, 0.2) is 4.90 Å². The number of ether oxygens (including phenoxy) is 1. The molecular formula is C20H19F4N5O3S. The Morgan fingerprint density at radius 2 is 1.91 bits per heavy atom. The normalized spacial score (nSPS) is 20.4. The topological polar surface area (TPSA) is 99.0 Å². The van der Waals surface area contributed by atoms with Gasteiger partial charge in [-0.15, -0.1) is 0 Å². The van der Waals surface area contributed by atoms with Crippen LogP contribution in [0.5, 0.6) is 5.75 Å². The standard InChI is InChI=1S/C20H19F4N5O3S/c1-29-16(3-7-27-29)13-2-5-20(23,24)10-17(13)32-12-8-14(21)19(15(22)9-12)33(30,31)28-18-4-6-25-11-26-18/h3-4,6-9,11,13,17H,2,5,10H2,1H3,(H,25,26,28)/t13-,17?/m1/s1. The van der Waals surface area contributed by atoms with Crippen LogP contribution in [0.3, 0.4) is 0 Å². The number of nitrogens with one attached hydrogen (secondary N) is 1. The summed E-state index contributed by atoms with van der Waals surface area (Å²) in [6.45, 7) is 0. The van der Waals surface area contributed by atoms with Gasteiger partial charge in [-0.1, -0.05) is 0 Å². The Kier molecular flexibility index (Phi) is 5.99. The average molecular weight is 485 g/mol. The van der Waals surface area contributed by atoms with Crippen LogP contribution in [-0.2, 0) is 17.1 Å². The summed E-state index contributed by atoms with van der Waals surface area (Å²) in [6, 6.07) is 4.18. The zero-order valence-corrected chi connectivity index (χ0v) is 18.1. The van der Waals surface area contributed by atoms with Crippen molar-refractivity contribution in [3.8, 4) is 5.75 Å². The molecule has 0 radical (unpaired) electrons. The fourth-order valence-electron chi connectivity index (χ4n) is 3.88. The summed E-state index contributed by atoms with van der Waals surface area (Å²) >= 11 is 0. The van der Waals surface area contributed by atoms with E-state index in [0.717, 1.165) is 6.33 Å². The van der Waals surface area contributed by atoms with Gasteiger partial charge < -0.3 is 4.74 Å². The Balaban J connectivity index is 1.62. The number of halogens is 4. The fourth-order valence-corrected chi connectivity index (χ4v) is 5.01. The number of aromatic nitrogens is 4. The van der Waals surface area contributed by atoms with E-state index in [9.17, 15) is 26.0 Å². The van der Waals surface area contributed by atoms with Gasteiger partial charge in [0.25, 0.3) is 15.9 Å². The minimum Gasteiger partial charge on any atom is -0.489 e. The third kappa shape index (κ3) is 4.92. The van der Waals surface area contributed by atoms with Crippen LogP contribution in [0.15, 0.2) is 47.9 Å². The van der Waals surface area contributed by atoms with Crippen molar-refractivity contribution in [2.75, 3.05) is 4.72 Å². The molecule has 0 bridgehead atoms. The second-order valence-corrected chi connectivity index (χ2v) is 9.28. The second kappa shape index (κ2) is 8.61. The molecule has 1 N–H and O–H groups in total. The molecule has 2 heterocycles. The first-order chi connectivity index (χ1) is 15.6. The molecule has 33 heavy (non-hydrogen) atoms. The highest BCUT2D eigenvalue weighted by Crippen LogP contribution is 2.43. The van der Waals surface area contributed by atoms with Crippen molar-refractivity contribution in [2.24, 2.45) is 7.05 Å². The number of nitrogens with zero attached hydrogens (tertiary/aromatic N) is 4. The van der Waals surface area contributed by atoms with Crippen molar-refractivity contribution in [1.29, 1.82) is 0 Å². The van der Waals surface area contributed by atoms with Gasteiger partial charge in [0.1, 0.15) is 35.6 Å². The number of hydrogen-bond acceptors (Lipinski definition) is 6. The molecule has 1 fully saturated rings. The molecule has 1 unspecified atom stereocenters. The molecule has 3 aromatic rings. The molecule has 2 aromatic heterocycles. The molecule has 1 aliphatic rings. The van der Waals surface area contributed by atoms with Crippen LogP contribution < -0.4 is 9.46 Å². The van der Waals surface area contributed by atoms with Crippen molar-refractivity contribution < 1.29 is 30.7 Å². The Bertz CT molecular complexity index is 1230. The van der Waals surface area contributed by atoms with Crippen molar-refractivity contribution in [3.05, 3.63) is 60.3 Å². The molecule has 8 nitrogen and oxygen atoms in total. The molecule has 0 amide bonds. The number of anilines is 1. The largest absolute Gasteiger partial charge is 0.489 e. The number of benzene rings is 1. The van der Waals surface area contributed by atoms with Crippen molar-refractivity contribution in [2.45, 2.75) is 42.1 Å². The Morgan fingerprint density at radius 3 is 2.52 bits per heavy atom. The lowest BCUT2D eigenvalue weighted by molar-refractivity contribution is -0.0781. The zero-order chi connectivity index (χ0) is 23.8. The Labute approximate surface area is 186 Å². The minimum atomic E-state index is -4.67. The second-order valence-electron chi connectivity index (χ2n) is 7.66. The molecule has 0 saturated heterocycles. The van der Waals surface area contributed by atoms with Crippen LogP contribution in [0, 0.1) is 11.6 Å². The first-order valence-electron chi connectivity index (χ1n) is 9.86. The van der Waals surface area contributed by atoms with E-state index in [1.54, 1.807) is 13.1 Å². The molecule has 1 aromatic carbocycles. The minimum absolute atomic E-state index is 0.0808. The van der Waals surface area contributed by atoms with Crippen LogP contribution in [0.2, 0.25) is 0 Å². The molecule has 4 rings (SSSR count). The maximum absolute atomic E-state index is 14.7. The first-order valence-corrected chi connectivity index (χ1v) is 11.3. The summed E-state index contributed by atoms with van der Waals surface area (Å²) in [5.74, 6) is -6.97. The smallest absolute Gasteiger partial charge is 0.268 e. The lowest BCUT2D eigenvalue weighted by Gasteiger charge is -2.36. The van der Waals surface area contributed by atoms with Crippen LogP contribution in [0.25, 0.3) is 0 Å². The van der Waals surface area contributed by atoms with E-state index in [-0.39, 0.29) is 18.7 Å². The Morgan fingerprint density at radius 1 is 1.18 bits per heavy atom. The Hall–Kier alpha value is -3.22. The van der Waals surface area contributed by atoms with Crippen molar-refractivity contribution in [3.63, 3.8) is 0 Å². The van der Waals surface area contributed by atoms with E-state index in [0.29, 0.717) is 17.8 Å². The lowest BCUT2D eigenvalue weighted by Crippen LogP contribution is -2.39. The molecule has 0 aliphatic heterocycles. The highest BCUT2D eigenvalue weighted by Gasteiger charge is 2.44. The van der Waals surface area contributed by atoms with Crippen LogP contribution in [0.4, 0.5) is 23.4 Å². The predicted octanol–water partition coefficient (Wildman–Crippen LogP) is 3.64. The van der Waals surface area contributed by atoms with Gasteiger partial charge in [-0.3, -0.25) is 9.40 Å². The summed E-state index contributed by atoms with van der Waals surface area (Å²) in [7, 11) is -3.02. The quantitative estimate of drug-likeness (QED) is 0.536. The number of rotatable bonds is 6. The number of alkyl halides is 2. The summed E-state index contributed by atoms with van der Waals surface area (Å²) in [5, 5.41) is 4.04. The fraction of sp³-hybridized carbons (Fsp3) is 0.350. The van der Waals surface area contributed by atoms with E-state index in [1.807, 2.05) is 4.72 Å². The number of aryl methyl sites for hydroxylation is 1. The highest BCUT2D eigenvalue weighted by atomic mass is 32.2.